The van der Waals surface area contributed by atoms with E-state index in [1.807, 2.05) is 19.1 Å². The molecule has 2 aromatic carbocycles. The summed E-state index contributed by atoms with van der Waals surface area (Å²) in [5.41, 5.74) is 1.07. The Morgan fingerprint density at radius 2 is 1.74 bits per heavy atom. The maximum absolute atomic E-state index is 13.9. The summed E-state index contributed by atoms with van der Waals surface area (Å²) in [6, 6.07) is 11.3. The predicted molar refractivity (Wildman–Crippen MR) is 147 cm³/mol. The Morgan fingerprint density at radius 1 is 1.05 bits per heavy atom. The molecule has 1 saturated carbocycles. The fourth-order valence-corrected chi connectivity index (χ4v) is 5.89. The second-order valence-corrected chi connectivity index (χ2v) is 11.9. The lowest BCUT2D eigenvalue weighted by molar-refractivity contribution is -0.140. The second-order valence-electron chi connectivity index (χ2n) is 9.94. The van der Waals surface area contributed by atoms with Gasteiger partial charge in [0, 0.05) is 18.7 Å². The monoisotopic (exact) mass is 559 g/mol. The number of benzene rings is 2. The first-order chi connectivity index (χ1) is 18.7. The van der Waals surface area contributed by atoms with E-state index in [0.717, 1.165) is 48.2 Å². The third kappa shape index (κ3) is 7.14. The van der Waals surface area contributed by atoms with E-state index in [1.165, 1.54) is 11.0 Å². The van der Waals surface area contributed by atoms with Gasteiger partial charge < -0.3 is 24.4 Å². The number of hydrogen-bond acceptors (Lipinski definition) is 7. The van der Waals surface area contributed by atoms with Crippen molar-refractivity contribution in [2.75, 3.05) is 31.0 Å². The fourth-order valence-electron chi connectivity index (χ4n) is 5.05. The van der Waals surface area contributed by atoms with E-state index in [1.54, 1.807) is 31.4 Å². The molecule has 1 atom stereocenters. The Labute approximate surface area is 230 Å². The first kappa shape index (κ1) is 28.5. The van der Waals surface area contributed by atoms with Crippen molar-refractivity contribution in [2.45, 2.75) is 64.1 Å². The van der Waals surface area contributed by atoms with Gasteiger partial charge in [0.25, 0.3) is 0 Å². The molecule has 1 aliphatic heterocycles. The lowest BCUT2D eigenvalue weighted by atomic mass is 9.95. The minimum atomic E-state index is -3.85. The van der Waals surface area contributed by atoms with Crippen molar-refractivity contribution in [3.63, 3.8) is 0 Å². The first-order valence-electron chi connectivity index (χ1n) is 13.3. The number of carbonyl (C=O) groups is 2. The Balaban J connectivity index is 1.61. The zero-order valence-electron chi connectivity index (χ0n) is 22.7. The Morgan fingerprint density at radius 3 is 2.38 bits per heavy atom. The molecule has 2 aromatic rings. The fraction of sp³-hybridized carbons (Fsp3) is 0.500. The number of amides is 2. The number of nitrogens with one attached hydrogen (secondary N) is 1. The smallest absolute Gasteiger partial charge is 0.244 e. The number of rotatable bonds is 11. The van der Waals surface area contributed by atoms with Gasteiger partial charge in [-0.3, -0.25) is 13.9 Å². The molecule has 212 valence electrons. The van der Waals surface area contributed by atoms with Crippen molar-refractivity contribution in [1.29, 1.82) is 0 Å². The third-order valence-corrected chi connectivity index (χ3v) is 8.31. The summed E-state index contributed by atoms with van der Waals surface area (Å²) in [7, 11) is -2.28. The molecule has 1 aliphatic carbocycles. The average molecular weight is 560 g/mol. The van der Waals surface area contributed by atoms with Crippen LogP contribution in [0.2, 0.25) is 0 Å². The summed E-state index contributed by atoms with van der Waals surface area (Å²) in [5, 5.41) is 3.14. The highest BCUT2D eigenvalue weighted by atomic mass is 32.2. The van der Waals surface area contributed by atoms with Crippen molar-refractivity contribution in [1.82, 2.24) is 10.2 Å². The van der Waals surface area contributed by atoms with Crippen LogP contribution in [-0.4, -0.2) is 63.9 Å². The van der Waals surface area contributed by atoms with Crippen LogP contribution in [0.1, 0.15) is 51.0 Å². The Bertz CT molecular complexity index is 1260. The molecule has 1 heterocycles. The van der Waals surface area contributed by atoms with Crippen LogP contribution in [0, 0.1) is 0 Å². The molecule has 2 aliphatic rings. The number of carbonyl (C=O) groups excluding carboxylic acids is 2. The summed E-state index contributed by atoms with van der Waals surface area (Å²) in [6.45, 7) is 1.56. The summed E-state index contributed by atoms with van der Waals surface area (Å²) in [6.07, 6.45) is 6.55. The van der Waals surface area contributed by atoms with E-state index < -0.39 is 28.5 Å². The van der Waals surface area contributed by atoms with Gasteiger partial charge in [-0.2, -0.15) is 0 Å². The van der Waals surface area contributed by atoms with Gasteiger partial charge in [0.15, 0.2) is 11.5 Å². The van der Waals surface area contributed by atoms with E-state index >= 15 is 0 Å². The highest BCUT2D eigenvalue weighted by molar-refractivity contribution is 7.92. The van der Waals surface area contributed by atoms with Crippen LogP contribution in [0.3, 0.4) is 0 Å². The summed E-state index contributed by atoms with van der Waals surface area (Å²) < 4.78 is 42.7. The lowest BCUT2D eigenvalue weighted by Gasteiger charge is -2.34. The number of fused-ring (bicyclic) bond motifs is 1. The normalized spacial score (nSPS) is 15.9. The highest BCUT2D eigenvalue weighted by Crippen LogP contribution is 2.36. The third-order valence-electron chi connectivity index (χ3n) is 7.17. The molecule has 39 heavy (non-hydrogen) atoms. The van der Waals surface area contributed by atoms with Crippen molar-refractivity contribution in [3.05, 3.63) is 48.0 Å². The van der Waals surface area contributed by atoms with Crippen molar-refractivity contribution < 1.29 is 32.2 Å². The standard InChI is InChI=1S/C28H37N3O7S/c1-4-24(28(33)29-21-8-6-5-7-9-21)30(17-20-10-13-23(36-2)14-11-20)27(32)18-31(39(3,34)35)22-12-15-25-26(16-22)38-19-37-25/h10-16,21,24H,4-9,17-19H2,1-3H3,(H,29,33)/t24-/m1/s1. The highest BCUT2D eigenvalue weighted by Gasteiger charge is 2.33. The van der Waals surface area contributed by atoms with Gasteiger partial charge in [-0.1, -0.05) is 38.3 Å². The van der Waals surface area contributed by atoms with Gasteiger partial charge in [-0.15, -0.1) is 0 Å². The van der Waals surface area contributed by atoms with Crippen LogP contribution in [0.25, 0.3) is 0 Å². The number of sulfonamides is 1. The van der Waals surface area contributed by atoms with Crippen molar-refractivity contribution in [2.24, 2.45) is 0 Å². The van der Waals surface area contributed by atoms with Gasteiger partial charge in [0.05, 0.1) is 19.1 Å². The number of anilines is 1. The minimum Gasteiger partial charge on any atom is -0.497 e. The molecule has 1 fully saturated rings. The molecule has 0 radical (unpaired) electrons. The SMILES string of the molecule is CC[C@H](C(=O)NC1CCCCC1)N(Cc1ccc(OC)cc1)C(=O)CN(c1ccc2c(c1)OCO2)S(C)(=O)=O. The molecular weight excluding hydrogens is 522 g/mol. The van der Waals surface area contributed by atoms with Crippen molar-refractivity contribution >= 4 is 27.5 Å². The zero-order chi connectivity index (χ0) is 28.0. The molecule has 0 spiro atoms. The largest absolute Gasteiger partial charge is 0.497 e. The number of nitrogens with zero attached hydrogens (tertiary/aromatic N) is 2. The van der Waals surface area contributed by atoms with E-state index in [2.05, 4.69) is 5.32 Å². The molecule has 0 bridgehead atoms. The van der Waals surface area contributed by atoms with Crippen LogP contribution >= 0.6 is 0 Å². The Kier molecular flexibility index (Phi) is 9.21. The van der Waals surface area contributed by atoms with E-state index in [4.69, 9.17) is 14.2 Å². The number of ether oxygens (including phenoxy) is 3. The van der Waals surface area contributed by atoms with E-state index in [-0.39, 0.29) is 31.0 Å². The van der Waals surface area contributed by atoms with Gasteiger partial charge in [0.2, 0.25) is 28.6 Å². The maximum Gasteiger partial charge on any atom is 0.244 e. The molecule has 1 N–H and O–H groups in total. The van der Waals surface area contributed by atoms with Gasteiger partial charge in [0.1, 0.15) is 18.3 Å². The summed E-state index contributed by atoms with van der Waals surface area (Å²) in [4.78, 5) is 28.8. The molecule has 2 amide bonds. The van der Waals surface area contributed by atoms with Crippen LogP contribution in [0.4, 0.5) is 5.69 Å². The minimum absolute atomic E-state index is 0.0422. The van der Waals surface area contributed by atoms with Gasteiger partial charge >= 0.3 is 0 Å². The van der Waals surface area contributed by atoms with Gasteiger partial charge in [-0.25, -0.2) is 8.42 Å². The molecule has 10 nitrogen and oxygen atoms in total. The zero-order valence-corrected chi connectivity index (χ0v) is 23.5. The lowest BCUT2D eigenvalue weighted by Crippen LogP contribution is -2.53. The number of hydrogen-bond donors (Lipinski definition) is 1. The topological polar surface area (TPSA) is 114 Å². The van der Waals surface area contributed by atoms with Crippen molar-refractivity contribution in [3.8, 4) is 17.2 Å². The molecule has 0 aromatic heterocycles. The van der Waals surface area contributed by atoms with E-state index in [0.29, 0.717) is 23.7 Å². The van der Waals surface area contributed by atoms with E-state index in [9.17, 15) is 18.0 Å². The molecule has 11 heteroatoms. The maximum atomic E-state index is 13.9. The first-order valence-corrected chi connectivity index (χ1v) is 15.1. The predicted octanol–water partition coefficient (Wildman–Crippen LogP) is 3.45. The molecule has 4 rings (SSSR count). The Hall–Kier alpha value is -3.47. The van der Waals surface area contributed by atoms with Crippen LogP contribution in [-0.2, 0) is 26.2 Å². The van der Waals surface area contributed by atoms with Gasteiger partial charge in [-0.05, 0) is 49.1 Å². The average Bonchev–Trinajstić information content (AvgIpc) is 3.40. The summed E-state index contributed by atoms with van der Waals surface area (Å²) >= 11 is 0. The van der Waals surface area contributed by atoms with Crippen LogP contribution in [0.5, 0.6) is 17.2 Å². The quantitative estimate of drug-likeness (QED) is 0.449. The second kappa shape index (κ2) is 12.6. The van der Waals surface area contributed by atoms with Crippen LogP contribution in [0.15, 0.2) is 42.5 Å². The number of methoxy groups -OCH3 is 1. The molecule has 0 unspecified atom stereocenters. The summed E-state index contributed by atoms with van der Waals surface area (Å²) in [5.74, 6) is 0.872. The van der Waals surface area contributed by atoms with Crippen LogP contribution < -0.4 is 23.8 Å². The molecular formula is C28H37N3O7S. The molecule has 0 saturated heterocycles.